The number of H-pyrrole nitrogens is 1. The summed E-state index contributed by atoms with van der Waals surface area (Å²) in [4.78, 5) is 38.7. The summed E-state index contributed by atoms with van der Waals surface area (Å²) in [6.45, 7) is 0. The maximum atomic E-state index is 12.5. The number of rotatable bonds is 5. The zero-order valence-corrected chi connectivity index (χ0v) is 17.3. The molecule has 0 saturated carbocycles. The molecule has 2 N–H and O–H groups in total. The zero-order chi connectivity index (χ0) is 20.0. The number of amides is 1. The zero-order valence-electron chi connectivity index (χ0n) is 15.7. The average molecular weight is 427 g/mol. The second-order valence-electron chi connectivity index (χ2n) is 7.04. The van der Waals surface area contributed by atoms with E-state index in [9.17, 15) is 9.59 Å². The topological polar surface area (TPSA) is 106 Å². The highest BCUT2D eigenvalue weighted by atomic mass is 32.1. The fourth-order valence-electron chi connectivity index (χ4n) is 3.60. The van der Waals surface area contributed by atoms with Crippen molar-refractivity contribution in [3.05, 3.63) is 44.4 Å². The van der Waals surface area contributed by atoms with Gasteiger partial charge < -0.3 is 10.3 Å². The number of nitrogens with zero attached hydrogens (tertiary/aromatic N) is 4. The summed E-state index contributed by atoms with van der Waals surface area (Å²) in [5.74, 6) is 0.390. The maximum Gasteiger partial charge on any atom is 0.259 e. The van der Waals surface area contributed by atoms with E-state index in [0.717, 1.165) is 46.3 Å². The van der Waals surface area contributed by atoms with E-state index in [0.29, 0.717) is 17.4 Å². The Morgan fingerprint density at radius 1 is 1.34 bits per heavy atom. The molecule has 1 aliphatic rings. The van der Waals surface area contributed by atoms with Crippen molar-refractivity contribution in [1.29, 1.82) is 0 Å². The Labute approximate surface area is 173 Å². The third-order valence-corrected chi connectivity index (χ3v) is 6.91. The molecule has 0 unspecified atom stereocenters. The third-order valence-electron chi connectivity index (χ3n) is 4.96. The number of hydrogen-bond acceptors (Lipinski definition) is 7. The summed E-state index contributed by atoms with van der Waals surface area (Å²) >= 11 is 2.98. The normalized spacial score (nSPS) is 13.1. The molecule has 4 aromatic rings. The number of fused-ring (bicyclic) bond motifs is 3. The molecule has 0 aromatic carbocycles. The number of aryl methyl sites for hydroxylation is 4. The van der Waals surface area contributed by atoms with Crippen LogP contribution in [0.15, 0.2) is 22.6 Å². The van der Waals surface area contributed by atoms with E-state index in [-0.39, 0.29) is 17.9 Å². The van der Waals surface area contributed by atoms with E-state index in [1.807, 2.05) is 18.6 Å². The van der Waals surface area contributed by atoms with Crippen LogP contribution in [0.3, 0.4) is 0 Å². The molecule has 4 heterocycles. The molecule has 5 rings (SSSR count). The van der Waals surface area contributed by atoms with Gasteiger partial charge in [-0.2, -0.15) is 5.10 Å². The first-order valence-corrected chi connectivity index (χ1v) is 11.0. The lowest BCUT2D eigenvalue weighted by Gasteiger charge is -2.02. The highest BCUT2D eigenvalue weighted by Crippen LogP contribution is 2.34. The molecule has 0 aliphatic heterocycles. The molecule has 8 nitrogen and oxygen atoms in total. The summed E-state index contributed by atoms with van der Waals surface area (Å²) in [5, 5.41) is 10.1. The van der Waals surface area contributed by atoms with Gasteiger partial charge in [-0.3, -0.25) is 14.3 Å². The lowest BCUT2D eigenvalue weighted by molar-refractivity contribution is -0.116. The summed E-state index contributed by atoms with van der Waals surface area (Å²) in [6.07, 6.45) is 7.30. The van der Waals surface area contributed by atoms with Crippen LogP contribution in [0.4, 0.5) is 5.13 Å². The average Bonchev–Trinajstić information content (AvgIpc) is 3.43. The van der Waals surface area contributed by atoms with Crippen molar-refractivity contribution in [3.63, 3.8) is 0 Å². The first-order chi connectivity index (χ1) is 14.1. The van der Waals surface area contributed by atoms with Crippen molar-refractivity contribution in [1.82, 2.24) is 24.7 Å². The van der Waals surface area contributed by atoms with Crippen molar-refractivity contribution < 1.29 is 4.79 Å². The molecule has 0 bridgehead atoms. The number of carbonyl (C=O) groups excluding carboxylic acids is 1. The van der Waals surface area contributed by atoms with E-state index in [1.54, 1.807) is 22.2 Å². The Balaban J connectivity index is 1.25. The SMILES string of the molecule is Cn1cc(-c2csc(NC(=O)CCc3nc4sc5c(c4c(=O)[nH]3)CCC5)n2)cn1. The Bertz CT molecular complexity index is 1280. The predicted octanol–water partition coefficient (Wildman–Crippen LogP) is 2.90. The standard InChI is InChI=1S/C19H18N6O2S2/c1-25-8-10(7-20-25)12-9-28-19(21-12)24-15(26)6-5-14-22-17(27)16-11-3-2-4-13(11)29-18(16)23-14/h7-9H,2-6H2,1H3,(H,21,24,26)(H,22,23,27). The van der Waals surface area contributed by atoms with Crippen LogP contribution in [0.1, 0.15) is 29.1 Å². The molecular weight excluding hydrogens is 408 g/mol. The van der Waals surface area contributed by atoms with Gasteiger partial charge in [0, 0.05) is 41.9 Å². The molecule has 0 spiro atoms. The van der Waals surface area contributed by atoms with Gasteiger partial charge in [-0.05, 0) is 24.8 Å². The molecule has 1 amide bonds. The molecular formula is C19H18N6O2S2. The molecule has 0 atom stereocenters. The molecule has 29 heavy (non-hydrogen) atoms. The summed E-state index contributed by atoms with van der Waals surface area (Å²) in [7, 11) is 1.85. The second-order valence-corrected chi connectivity index (χ2v) is 8.98. The van der Waals surface area contributed by atoms with Crippen molar-refractivity contribution in [3.8, 4) is 11.3 Å². The van der Waals surface area contributed by atoms with Crippen molar-refractivity contribution in [2.75, 3.05) is 5.32 Å². The van der Waals surface area contributed by atoms with Gasteiger partial charge in [0.15, 0.2) is 5.13 Å². The van der Waals surface area contributed by atoms with Gasteiger partial charge in [0.1, 0.15) is 10.7 Å². The number of nitrogens with one attached hydrogen (secondary N) is 2. The van der Waals surface area contributed by atoms with Gasteiger partial charge in [0.05, 0.1) is 17.3 Å². The largest absolute Gasteiger partial charge is 0.310 e. The second kappa shape index (κ2) is 7.20. The molecule has 10 heteroatoms. The van der Waals surface area contributed by atoms with Gasteiger partial charge >= 0.3 is 0 Å². The Hall–Kier alpha value is -2.85. The molecule has 4 aromatic heterocycles. The van der Waals surface area contributed by atoms with Gasteiger partial charge in [-0.25, -0.2) is 9.97 Å². The van der Waals surface area contributed by atoms with Crippen LogP contribution in [0, 0.1) is 0 Å². The number of aromatic nitrogens is 5. The molecule has 0 saturated heterocycles. The van der Waals surface area contributed by atoms with Crippen LogP contribution in [-0.4, -0.2) is 30.6 Å². The van der Waals surface area contributed by atoms with Gasteiger partial charge in [0.25, 0.3) is 5.56 Å². The van der Waals surface area contributed by atoms with Crippen molar-refractivity contribution in [2.45, 2.75) is 32.1 Å². The van der Waals surface area contributed by atoms with Crippen LogP contribution in [0.2, 0.25) is 0 Å². The number of aromatic amines is 1. The van der Waals surface area contributed by atoms with Crippen LogP contribution < -0.4 is 10.9 Å². The van der Waals surface area contributed by atoms with E-state index in [4.69, 9.17) is 0 Å². The van der Waals surface area contributed by atoms with E-state index >= 15 is 0 Å². The first-order valence-electron chi connectivity index (χ1n) is 9.34. The highest BCUT2D eigenvalue weighted by molar-refractivity contribution is 7.18. The molecule has 0 radical (unpaired) electrons. The van der Waals surface area contributed by atoms with Gasteiger partial charge in [-0.1, -0.05) is 0 Å². The molecule has 148 valence electrons. The first kappa shape index (κ1) is 18.2. The number of thiazole rings is 1. The number of carbonyl (C=O) groups is 1. The monoisotopic (exact) mass is 426 g/mol. The minimum atomic E-state index is -0.159. The van der Waals surface area contributed by atoms with Crippen molar-refractivity contribution in [2.24, 2.45) is 7.05 Å². The lowest BCUT2D eigenvalue weighted by atomic mass is 10.2. The van der Waals surface area contributed by atoms with E-state index < -0.39 is 0 Å². The van der Waals surface area contributed by atoms with Gasteiger partial charge in [0.2, 0.25) is 5.91 Å². The summed E-state index contributed by atoms with van der Waals surface area (Å²) < 4.78 is 1.71. The summed E-state index contributed by atoms with van der Waals surface area (Å²) in [6, 6.07) is 0. The van der Waals surface area contributed by atoms with Crippen LogP contribution in [0.25, 0.3) is 21.5 Å². The number of anilines is 1. The van der Waals surface area contributed by atoms with Crippen molar-refractivity contribution >= 4 is 43.9 Å². The van der Waals surface area contributed by atoms with Crippen LogP contribution in [-0.2, 0) is 31.1 Å². The molecule has 0 fully saturated rings. The Morgan fingerprint density at radius 3 is 3.07 bits per heavy atom. The number of hydrogen-bond donors (Lipinski definition) is 2. The minimum absolute atomic E-state index is 0.0918. The van der Waals surface area contributed by atoms with E-state index in [1.165, 1.54) is 16.2 Å². The molecule has 1 aliphatic carbocycles. The van der Waals surface area contributed by atoms with Crippen LogP contribution >= 0.6 is 22.7 Å². The maximum absolute atomic E-state index is 12.5. The fourth-order valence-corrected chi connectivity index (χ4v) is 5.61. The fraction of sp³-hybridized carbons (Fsp3) is 0.316. The van der Waals surface area contributed by atoms with E-state index in [2.05, 4.69) is 25.4 Å². The third kappa shape index (κ3) is 3.49. The number of thiophene rings is 1. The Kier molecular flexibility index (Phi) is 4.51. The smallest absolute Gasteiger partial charge is 0.259 e. The minimum Gasteiger partial charge on any atom is -0.310 e. The summed E-state index contributed by atoms with van der Waals surface area (Å²) in [5.41, 5.74) is 2.75. The quantitative estimate of drug-likeness (QED) is 0.510. The van der Waals surface area contributed by atoms with Crippen LogP contribution in [0.5, 0.6) is 0 Å². The Morgan fingerprint density at radius 2 is 2.24 bits per heavy atom. The predicted molar refractivity (Wildman–Crippen MR) is 114 cm³/mol. The van der Waals surface area contributed by atoms with Gasteiger partial charge in [-0.15, -0.1) is 22.7 Å². The highest BCUT2D eigenvalue weighted by Gasteiger charge is 2.21. The lowest BCUT2D eigenvalue weighted by Crippen LogP contribution is -2.16.